The van der Waals surface area contributed by atoms with E-state index in [-0.39, 0.29) is 12.8 Å². The molecule has 86 heavy (non-hydrogen) atoms. The summed E-state index contributed by atoms with van der Waals surface area (Å²) in [5, 5.41) is 11.7. The molecule has 0 fully saturated rings. The number of hydrogen-bond donors (Lipinski definition) is 6. The standard InChI is InChI=1S/C72H66N8O6/c1-71(2,3)85-69(83)79-61(43-45-19-11-7-12-20-45)67(81)73-51-31-27-49(28-32-51)65-57-39-37-55(76-57)63(47-23-15-9-16-24-47)53-35-36-54(75-53)64(48-25-17-10-18-26-48)56-38-40-58(77-56)66(60-42-41-59(65)78-60)50-29-33-52(34-30-50)74-68(82)62(44-46-21-13-8-14-22-46)80-70(84)86-72(4,5)6/h7-42,61-62,76-77H,43-44H2,1-6H3,(H,73,81)(H,74,82)(H,79,83)(H,80,84)/t61-,62-/m0/s1. The fraction of sp³-hybridized carbons (Fsp3) is 0.167. The molecule has 6 aromatic carbocycles. The van der Waals surface area contributed by atoms with Crippen LogP contribution in [0.3, 0.4) is 0 Å². The molecule has 6 N–H and O–H groups in total. The van der Waals surface area contributed by atoms with Crippen LogP contribution in [0.5, 0.6) is 0 Å². The maximum Gasteiger partial charge on any atom is 0.408 e. The van der Waals surface area contributed by atoms with Crippen molar-refractivity contribution < 1.29 is 28.7 Å². The summed E-state index contributed by atoms with van der Waals surface area (Å²) in [6.45, 7) is 10.7. The molecule has 0 unspecified atom stereocenters. The highest BCUT2D eigenvalue weighted by atomic mass is 16.6. The maximum absolute atomic E-state index is 14.1. The Labute approximate surface area is 499 Å². The Morgan fingerprint density at radius 1 is 0.384 bits per heavy atom. The first-order chi connectivity index (χ1) is 41.5. The molecule has 0 spiro atoms. The van der Waals surface area contributed by atoms with Crippen molar-refractivity contribution in [3.63, 3.8) is 0 Å². The Morgan fingerprint density at radius 2 is 0.663 bits per heavy atom. The number of alkyl carbamates (subject to hydrolysis) is 2. The van der Waals surface area contributed by atoms with Gasteiger partial charge in [-0.25, -0.2) is 19.6 Å². The topological polar surface area (TPSA) is 192 Å². The molecule has 5 heterocycles. The van der Waals surface area contributed by atoms with Crippen molar-refractivity contribution in [1.29, 1.82) is 0 Å². The third-order valence-electron chi connectivity index (χ3n) is 14.3. The number of ether oxygens (including phenoxy) is 2. The number of carbonyl (C=O) groups excluding carboxylic acids is 4. The minimum atomic E-state index is -0.939. The Balaban J connectivity index is 1.04. The van der Waals surface area contributed by atoms with Crippen LogP contribution in [0.2, 0.25) is 0 Å². The first-order valence-corrected chi connectivity index (χ1v) is 28.6. The fourth-order valence-electron chi connectivity index (χ4n) is 10.5. The van der Waals surface area contributed by atoms with Gasteiger partial charge in [0.1, 0.15) is 23.3 Å². The van der Waals surface area contributed by atoms with Crippen LogP contribution in [0.1, 0.15) is 75.4 Å². The zero-order chi connectivity index (χ0) is 60.0. The molecule has 0 aliphatic carbocycles. The molecule has 0 saturated heterocycles. The quantitative estimate of drug-likeness (QED) is 0.0619. The number of rotatable bonds is 14. The number of amides is 4. The zero-order valence-corrected chi connectivity index (χ0v) is 48.7. The van der Waals surface area contributed by atoms with Crippen LogP contribution in [-0.2, 0) is 31.9 Å². The highest BCUT2D eigenvalue weighted by Crippen LogP contribution is 2.39. The van der Waals surface area contributed by atoms with Crippen molar-refractivity contribution in [1.82, 2.24) is 30.6 Å². The van der Waals surface area contributed by atoms with Crippen LogP contribution < -0.4 is 21.3 Å². The summed E-state index contributed by atoms with van der Waals surface area (Å²) in [6, 6.07) is 61.0. The summed E-state index contributed by atoms with van der Waals surface area (Å²) in [5.41, 5.74) is 14.4. The third kappa shape index (κ3) is 13.7. The summed E-state index contributed by atoms with van der Waals surface area (Å²) in [6.07, 6.45) is 7.24. The van der Waals surface area contributed by atoms with Crippen molar-refractivity contribution >= 4 is 81.7 Å². The number of benzene rings is 6. The second-order valence-corrected chi connectivity index (χ2v) is 23.1. The first-order valence-electron chi connectivity index (χ1n) is 28.6. The van der Waals surface area contributed by atoms with Gasteiger partial charge < -0.3 is 40.7 Å². The molecule has 8 bridgehead atoms. The van der Waals surface area contributed by atoms with E-state index < -0.39 is 47.3 Å². The Kier molecular flexibility index (Phi) is 16.4. The lowest BCUT2D eigenvalue weighted by atomic mass is 10.0. The van der Waals surface area contributed by atoms with E-state index in [0.29, 0.717) is 22.8 Å². The van der Waals surface area contributed by atoms with Crippen molar-refractivity contribution in [2.24, 2.45) is 0 Å². The molecular weight excluding hydrogens is 1070 g/mol. The fourth-order valence-corrected chi connectivity index (χ4v) is 10.5. The summed E-state index contributed by atoms with van der Waals surface area (Å²) in [4.78, 5) is 72.9. The van der Waals surface area contributed by atoms with E-state index >= 15 is 0 Å². The van der Waals surface area contributed by atoms with Gasteiger partial charge >= 0.3 is 12.2 Å². The van der Waals surface area contributed by atoms with E-state index in [9.17, 15) is 19.2 Å². The van der Waals surface area contributed by atoms with Crippen LogP contribution in [-0.4, -0.2) is 67.2 Å². The highest BCUT2D eigenvalue weighted by Gasteiger charge is 2.28. The van der Waals surface area contributed by atoms with E-state index in [2.05, 4.69) is 91.9 Å². The molecule has 14 heteroatoms. The molecule has 0 radical (unpaired) electrons. The predicted octanol–water partition coefficient (Wildman–Crippen LogP) is 15.5. The zero-order valence-electron chi connectivity index (χ0n) is 48.7. The smallest absolute Gasteiger partial charge is 0.408 e. The van der Waals surface area contributed by atoms with Crippen LogP contribution in [0.25, 0.3) is 90.9 Å². The number of H-pyrrole nitrogens is 2. The maximum atomic E-state index is 14.1. The van der Waals surface area contributed by atoms with Gasteiger partial charge in [-0.2, -0.15) is 0 Å². The summed E-state index contributed by atoms with van der Waals surface area (Å²) < 4.78 is 11.1. The van der Waals surface area contributed by atoms with Gasteiger partial charge in [-0.3, -0.25) is 9.59 Å². The molecule has 0 saturated carbocycles. The van der Waals surface area contributed by atoms with Gasteiger partial charge in [0.15, 0.2) is 0 Å². The lowest BCUT2D eigenvalue weighted by Gasteiger charge is -2.23. The first kappa shape index (κ1) is 57.2. The Bertz CT molecular complexity index is 3930. The van der Waals surface area contributed by atoms with Gasteiger partial charge in [-0.15, -0.1) is 0 Å². The minimum absolute atomic E-state index is 0.242. The number of carbonyl (C=O) groups is 4. The van der Waals surface area contributed by atoms with Crippen molar-refractivity contribution in [2.45, 2.75) is 77.7 Å². The Hall–Kier alpha value is -10.6. The SMILES string of the molecule is CC(C)(C)OC(=O)N[C@@H](Cc1ccccc1)C(=O)Nc1ccc(-c2c3nc(c(-c4ccc(NC(=O)[C@H](Cc5ccccc5)NC(=O)OC(C)(C)C)cc4)c4ccc([nH]4)c(-c4ccccc4)c4nc(c(-c5ccccc5)c5ccc2[nH]5)C=C4)C=C3)cc1. The number of aromatic amines is 2. The number of nitrogens with zero attached hydrogens (tertiary/aromatic N) is 2. The molecule has 2 aliphatic heterocycles. The van der Waals surface area contributed by atoms with Crippen LogP contribution in [0.4, 0.5) is 21.0 Å². The lowest BCUT2D eigenvalue weighted by Crippen LogP contribution is -2.47. The van der Waals surface area contributed by atoms with Crippen LogP contribution >= 0.6 is 0 Å². The third-order valence-corrected chi connectivity index (χ3v) is 14.3. The van der Waals surface area contributed by atoms with Gasteiger partial charge in [-0.1, -0.05) is 146 Å². The van der Waals surface area contributed by atoms with Crippen molar-refractivity contribution in [3.05, 3.63) is 228 Å². The monoisotopic (exact) mass is 1140 g/mol. The number of hydrogen-bond acceptors (Lipinski definition) is 8. The summed E-state index contributed by atoms with van der Waals surface area (Å²) in [5.74, 6) is -0.812. The molecule has 2 atom stereocenters. The molecule has 4 amide bonds. The van der Waals surface area contributed by atoms with Crippen LogP contribution in [0, 0.1) is 0 Å². The average Bonchev–Trinajstić information content (AvgIpc) is 2.58. The number of aromatic nitrogens is 4. The van der Waals surface area contributed by atoms with Gasteiger partial charge in [0.05, 0.1) is 22.8 Å². The molecule has 9 aromatic rings. The Morgan fingerprint density at radius 3 is 0.953 bits per heavy atom. The molecular formula is C72H66N8O6. The molecule has 2 aliphatic rings. The highest BCUT2D eigenvalue weighted by molar-refractivity contribution is 6.02. The van der Waals surface area contributed by atoms with Gasteiger partial charge in [0.2, 0.25) is 11.8 Å². The second-order valence-electron chi connectivity index (χ2n) is 23.1. The van der Waals surface area contributed by atoms with Gasteiger partial charge in [0.25, 0.3) is 0 Å². The minimum Gasteiger partial charge on any atom is -0.444 e. The number of anilines is 2. The van der Waals surface area contributed by atoms with E-state index in [0.717, 1.165) is 89.1 Å². The van der Waals surface area contributed by atoms with E-state index in [1.165, 1.54) is 0 Å². The average molecular weight is 1140 g/mol. The lowest BCUT2D eigenvalue weighted by molar-refractivity contribution is -0.118. The van der Waals surface area contributed by atoms with Gasteiger partial charge in [-0.05, 0) is 148 Å². The number of fused-ring (bicyclic) bond motifs is 8. The normalized spacial score (nSPS) is 12.6. The summed E-state index contributed by atoms with van der Waals surface area (Å²) in [7, 11) is 0. The van der Waals surface area contributed by atoms with Crippen LogP contribution in [0.15, 0.2) is 194 Å². The molecule has 430 valence electrons. The van der Waals surface area contributed by atoms with Crippen molar-refractivity contribution in [3.8, 4) is 44.5 Å². The van der Waals surface area contributed by atoms with E-state index in [4.69, 9.17) is 19.4 Å². The largest absolute Gasteiger partial charge is 0.444 e. The molecule has 11 rings (SSSR count). The van der Waals surface area contributed by atoms with Crippen molar-refractivity contribution in [2.75, 3.05) is 10.6 Å². The molecule has 3 aromatic heterocycles. The number of nitrogens with one attached hydrogen (secondary N) is 6. The van der Waals surface area contributed by atoms with E-state index in [1.54, 1.807) is 41.5 Å². The van der Waals surface area contributed by atoms with E-state index in [1.807, 2.05) is 158 Å². The molecule has 14 nitrogen and oxygen atoms in total. The summed E-state index contributed by atoms with van der Waals surface area (Å²) >= 11 is 0. The van der Waals surface area contributed by atoms with Gasteiger partial charge in [0, 0.05) is 68.5 Å². The predicted molar refractivity (Wildman–Crippen MR) is 344 cm³/mol. The second kappa shape index (κ2) is 24.7.